The van der Waals surface area contributed by atoms with E-state index in [9.17, 15) is 18.4 Å². The number of ether oxygens (including phenoxy) is 1. The van der Waals surface area contributed by atoms with Gasteiger partial charge in [-0.15, -0.1) is 0 Å². The number of ketones is 1. The molecule has 4 nitrogen and oxygen atoms in total. The van der Waals surface area contributed by atoms with Gasteiger partial charge in [-0.05, 0) is 33.6 Å². The van der Waals surface area contributed by atoms with E-state index in [1.165, 1.54) is 0 Å². The van der Waals surface area contributed by atoms with Crippen LogP contribution in [0.25, 0.3) is 0 Å². The zero-order valence-electron chi connectivity index (χ0n) is 10.9. The van der Waals surface area contributed by atoms with Crippen LogP contribution in [0.1, 0.15) is 40.0 Å². The molecule has 104 valence electrons. The maximum atomic E-state index is 13.5. The van der Waals surface area contributed by atoms with E-state index in [4.69, 9.17) is 4.74 Å². The van der Waals surface area contributed by atoms with Crippen LogP contribution in [0.2, 0.25) is 0 Å². The van der Waals surface area contributed by atoms with Crippen LogP contribution < -0.4 is 5.32 Å². The highest BCUT2D eigenvalue weighted by atomic mass is 19.3. The van der Waals surface area contributed by atoms with E-state index in [1.54, 1.807) is 20.8 Å². The fraction of sp³-hybridized carbons (Fsp3) is 0.833. The molecule has 1 aliphatic rings. The maximum absolute atomic E-state index is 13.5. The minimum absolute atomic E-state index is 0.515. The number of Topliss-reactive ketones (excluding diaryl/α,β-unsaturated/α-hetero) is 1. The number of carbonyl (C=O) groups excluding carboxylic acids is 2. The van der Waals surface area contributed by atoms with Crippen molar-refractivity contribution in [1.29, 1.82) is 0 Å². The van der Waals surface area contributed by atoms with Crippen molar-refractivity contribution in [1.82, 2.24) is 5.32 Å². The lowest BCUT2D eigenvalue weighted by Gasteiger charge is -2.28. The first kappa shape index (κ1) is 14.9. The van der Waals surface area contributed by atoms with Crippen LogP contribution >= 0.6 is 0 Å². The lowest BCUT2D eigenvalue weighted by molar-refractivity contribution is -0.149. The van der Waals surface area contributed by atoms with Gasteiger partial charge in [0, 0.05) is 5.92 Å². The molecule has 0 aromatic rings. The second kappa shape index (κ2) is 5.20. The van der Waals surface area contributed by atoms with E-state index in [1.807, 2.05) is 5.32 Å². The van der Waals surface area contributed by atoms with Gasteiger partial charge >= 0.3 is 12.0 Å². The molecular weight excluding hydrogens is 244 g/mol. The van der Waals surface area contributed by atoms with Gasteiger partial charge in [-0.3, -0.25) is 4.79 Å². The summed E-state index contributed by atoms with van der Waals surface area (Å²) in [5.74, 6) is -5.15. The minimum Gasteiger partial charge on any atom is -0.444 e. The third-order valence-corrected chi connectivity index (χ3v) is 2.69. The van der Waals surface area contributed by atoms with E-state index >= 15 is 0 Å². The number of alkyl carbamates (subject to hydrolysis) is 1. The van der Waals surface area contributed by atoms with Crippen LogP contribution in [0.5, 0.6) is 0 Å². The smallest absolute Gasteiger partial charge is 0.407 e. The van der Waals surface area contributed by atoms with Crippen LogP contribution in [-0.2, 0) is 9.53 Å². The zero-order chi connectivity index (χ0) is 14.0. The number of alkyl halides is 2. The van der Waals surface area contributed by atoms with Crippen molar-refractivity contribution in [3.8, 4) is 0 Å². The fourth-order valence-corrected chi connectivity index (χ4v) is 1.55. The molecular formula is C12H19F2NO3. The number of rotatable bonds is 4. The summed E-state index contributed by atoms with van der Waals surface area (Å²) in [5, 5.41) is 1.93. The van der Waals surface area contributed by atoms with Crippen LogP contribution in [0.3, 0.4) is 0 Å². The van der Waals surface area contributed by atoms with Gasteiger partial charge in [-0.25, -0.2) is 4.79 Å². The highest BCUT2D eigenvalue weighted by Crippen LogP contribution is 2.32. The average molecular weight is 263 g/mol. The van der Waals surface area contributed by atoms with Crippen molar-refractivity contribution in [2.75, 3.05) is 6.54 Å². The Labute approximate surface area is 105 Å². The van der Waals surface area contributed by atoms with Crippen LogP contribution in [0.15, 0.2) is 0 Å². The maximum Gasteiger partial charge on any atom is 0.407 e. The second-order valence-corrected chi connectivity index (χ2v) is 5.55. The summed E-state index contributed by atoms with van der Waals surface area (Å²) < 4.78 is 31.7. The molecule has 0 bridgehead atoms. The van der Waals surface area contributed by atoms with Crippen molar-refractivity contribution in [3.63, 3.8) is 0 Å². The van der Waals surface area contributed by atoms with Gasteiger partial charge in [0.25, 0.3) is 0 Å². The zero-order valence-corrected chi connectivity index (χ0v) is 10.9. The van der Waals surface area contributed by atoms with Crippen molar-refractivity contribution < 1.29 is 23.1 Å². The average Bonchev–Trinajstić information content (AvgIpc) is 2.09. The summed E-state index contributed by atoms with van der Waals surface area (Å²) in [6.45, 7) is 3.88. The van der Waals surface area contributed by atoms with Gasteiger partial charge < -0.3 is 10.1 Å². The summed E-state index contributed by atoms with van der Waals surface area (Å²) in [6, 6.07) is 0. The quantitative estimate of drug-likeness (QED) is 0.848. The topological polar surface area (TPSA) is 55.4 Å². The fourth-order valence-electron chi connectivity index (χ4n) is 1.55. The Morgan fingerprint density at radius 1 is 1.28 bits per heavy atom. The molecule has 6 heteroatoms. The molecule has 0 saturated heterocycles. The Morgan fingerprint density at radius 2 is 1.83 bits per heavy atom. The van der Waals surface area contributed by atoms with Gasteiger partial charge in [0.2, 0.25) is 5.78 Å². The first-order valence-corrected chi connectivity index (χ1v) is 6.01. The lowest BCUT2D eigenvalue weighted by Crippen LogP contribution is -2.47. The van der Waals surface area contributed by atoms with Crippen LogP contribution in [0, 0.1) is 5.92 Å². The van der Waals surface area contributed by atoms with Gasteiger partial charge in [-0.2, -0.15) is 8.78 Å². The molecule has 0 aromatic carbocycles. The normalized spacial score (nSPS) is 16.9. The highest BCUT2D eigenvalue weighted by Gasteiger charge is 2.44. The molecule has 1 N–H and O–H groups in total. The summed E-state index contributed by atoms with van der Waals surface area (Å²) in [5.41, 5.74) is -0.753. The number of nitrogens with one attached hydrogen (secondary N) is 1. The van der Waals surface area contributed by atoms with E-state index in [-0.39, 0.29) is 0 Å². The first-order chi connectivity index (χ1) is 8.12. The molecule has 1 amide bonds. The molecule has 18 heavy (non-hydrogen) atoms. The standard InChI is InChI=1S/C12H19F2NO3/c1-11(2,3)18-10(17)15-7-12(13,14)9(16)8-5-4-6-8/h8H,4-7H2,1-3H3,(H,15,17). The molecule has 0 unspecified atom stereocenters. The lowest BCUT2D eigenvalue weighted by atomic mass is 9.80. The van der Waals surface area contributed by atoms with E-state index < -0.39 is 35.9 Å². The number of hydrogen-bond acceptors (Lipinski definition) is 3. The van der Waals surface area contributed by atoms with Gasteiger partial charge in [0.1, 0.15) is 5.60 Å². The summed E-state index contributed by atoms with van der Waals surface area (Å²) in [6.07, 6.45) is 0.900. The Kier molecular flexibility index (Phi) is 4.29. The Balaban J connectivity index is 2.41. The third-order valence-electron chi connectivity index (χ3n) is 2.69. The molecule has 0 atom stereocenters. The Bertz CT molecular complexity index is 333. The predicted molar refractivity (Wildman–Crippen MR) is 61.5 cm³/mol. The molecule has 0 aromatic heterocycles. The van der Waals surface area contributed by atoms with Crippen molar-refractivity contribution in [3.05, 3.63) is 0 Å². The molecule has 1 saturated carbocycles. The number of carbonyl (C=O) groups is 2. The third kappa shape index (κ3) is 4.23. The highest BCUT2D eigenvalue weighted by molar-refractivity contribution is 5.89. The molecule has 0 radical (unpaired) electrons. The van der Waals surface area contributed by atoms with Crippen LogP contribution in [0.4, 0.5) is 13.6 Å². The van der Waals surface area contributed by atoms with Gasteiger partial charge in [-0.1, -0.05) is 6.42 Å². The predicted octanol–water partition coefficient (Wildman–Crippen LogP) is 2.52. The van der Waals surface area contributed by atoms with E-state index in [0.717, 1.165) is 6.42 Å². The molecule has 1 fully saturated rings. The SMILES string of the molecule is CC(C)(C)OC(=O)NCC(F)(F)C(=O)C1CCC1. The largest absolute Gasteiger partial charge is 0.444 e. The second-order valence-electron chi connectivity index (χ2n) is 5.55. The van der Waals surface area contributed by atoms with E-state index in [0.29, 0.717) is 12.8 Å². The molecule has 0 aliphatic heterocycles. The van der Waals surface area contributed by atoms with Gasteiger partial charge in [0.15, 0.2) is 0 Å². The Hall–Kier alpha value is -1.20. The number of hydrogen-bond donors (Lipinski definition) is 1. The van der Waals surface area contributed by atoms with Crippen LogP contribution in [-0.4, -0.2) is 29.9 Å². The minimum atomic E-state index is -3.51. The number of halogens is 2. The molecule has 1 aliphatic carbocycles. The summed E-state index contributed by atoms with van der Waals surface area (Å²) in [7, 11) is 0. The van der Waals surface area contributed by atoms with Crippen molar-refractivity contribution in [2.45, 2.75) is 51.6 Å². The summed E-state index contributed by atoms with van der Waals surface area (Å²) >= 11 is 0. The van der Waals surface area contributed by atoms with Crippen molar-refractivity contribution in [2.24, 2.45) is 5.92 Å². The summed E-state index contributed by atoms with van der Waals surface area (Å²) in [4.78, 5) is 22.6. The van der Waals surface area contributed by atoms with E-state index in [2.05, 4.69) is 0 Å². The molecule has 0 spiro atoms. The molecule has 1 rings (SSSR count). The monoisotopic (exact) mass is 263 g/mol. The van der Waals surface area contributed by atoms with Crippen molar-refractivity contribution >= 4 is 11.9 Å². The Morgan fingerprint density at radius 3 is 2.22 bits per heavy atom. The molecule has 0 heterocycles. The first-order valence-electron chi connectivity index (χ1n) is 6.01. The number of amides is 1. The van der Waals surface area contributed by atoms with Gasteiger partial charge in [0.05, 0.1) is 6.54 Å².